The van der Waals surface area contributed by atoms with Crippen LogP contribution in [0.25, 0.3) is 0 Å². The number of rotatable bonds is 12. The van der Waals surface area contributed by atoms with E-state index < -0.39 is 8.32 Å². The van der Waals surface area contributed by atoms with Crippen molar-refractivity contribution < 1.29 is 23.1 Å². The maximum absolute atomic E-state index is 13.5. The maximum atomic E-state index is 13.5. The van der Waals surface area contributed by atoms with Crippen LogP contribution in [0.1, 0.15) is 79.7 Å². The van der Waals surface area contributed by atoms with Gasteiger partial charge in [-0.1, -0.05) is 47.6 Å². The van der Waals surface area contributed by atoms with Crippen molar-refractivity contribution in [2.24, 2.45) is 0 Å². The minimum atomic E-state index is -2.06. The molecule has 0 fully saturated rings. The molecule has 0 radical (unpaired) electrons. The highest BCUT2D eigenvalue weighted by atomic mass is 28.4. The van der Waals surface area contributed by atoms with Crippen molar-refractivity contribution in [2.45, 2.75) is 78.4 Å². The van der Waals surface area contributed by atoms with Gasteiger partial charge in [-0.05, 0) is 108 Å². The molecule has 0 aromatic heterocycles. The fourth-order valence-electron chi connectivity index (χ4n) is 5.92. The van der Waals surface area contributed by atoms with E-state index in [1.165, 1.54) is 36.9 Å². The molecule has 6 heteroatoms. The molecule has 3 aromatic rings. The summed E-state index contributed by atoms with van der Waals surface area (Å²) < 4.78 is 31.2. The third-order valence-electron chi connectivity index (χ3n) is 7.78. The van der Waals surface area contributed by atoms with Gasteiger partial charge >= 0.3 is 0 Å². The van der Waals surface area contributed by atoms with Gasteiger partial charge in [0, 0.05) is 12.7 Å². The van der Waals surface area contributed by atoms with Crippen molar-refractivity contribution in [3.8, 4) is 11.5 Å². The van der Waals surface area contributed by atoms with Gasteiger partial charge in [0.1, 0.15) is 17.3 Å². The van der Waals surface area contributed by atoms with Crippen LogP contribution < -0.4 is 9.16 Å². The first kappa shape index (κ1) is 30.6. The molecule has 0 unspecified atom stereocenters. The molecule has 0 saturated carbocycles. The summed E-state index contributed by atoms with van der Waals surface area (Å²) in [6.07, 6.45) is 0.660. The molecule has 0 saturated heterocycles. The Labute approximate surface area is 234 Å². The number of halogens is 1. The second kappa shape index (κ2) is 12.9. The van der Waals surface area contributed by atoms with Crippen LogP contribution in [-0.2, 0) is 11.2 Å². The second-order valence-electron chi connectivity index (χ2n) is 11.3. The molecule has 0 amide bonds. The van der Waals surface area contributed by atoms with Gasteiger partial charge in [0.2, 0.25) is 0 Å². The van der Waals surface area contributed by atoms with Gasteiger partial charge in [-0.25, -0.2) is 4.39 Å². The Bertz CT molecular complexity index is 1240. The van der Waals surface area contributed by atoms with E-state index in [9.17, 15) is 9.18 Å². The van der Waals surface area contributed by atoms with Crippen LogP contribution in [0.4, 0.5) is 4.39 Å². The summed E-state index contributed by atoms with van der Waals surface area (Å²) in [6.45, 7) is 18.1. The molecule has 210 valence electrons. The zero-order valence-corrected chi connectivity index (χ0v) is 25.9. The van der Waals surface area contributed by atoms with Gasteiger partial charge < -0.3 is 13.9 Å². The van der Waals surface area contributed by atoms with Crippen LogP contribution in [0.15, 0.2) is 54.6 Å². The van der Waals surface area contributed by atoms with E-state index in [1.807, 2.05) is 12.1 Å². The number of ether oxygens (including phenoxy) is 2. The van der Waals surface area contributed by atoms with E-state index >= 15 is 0 Å². The van der Waals surface area contributed by atoms with Crippen molar-refractivity contribution in [3.63, 3.8) is 0 Å². The van der Waals surface area contributed by atoms with Crippen molar-refractivity contribution in [3.05, 3.63) is 93.8 Å². The average molecular weight is 551 g/mol. The number of carbonyl (C=O) groups is 1. The molecule has 0 aliphatic rings. The summed E-state index contributed by atoms with van der Waals surface area (Å²) in [5, 5.41) is 0. The Kier molecular flexibility index (Phi) is 10.1. The van der Waals surface area contributed by atoms with Crippen molar-refractivity contribution in [2.75, 3.05) is 13.9 Å². The molecule has 0 spiro atoms. The topological polar surface area (TPSA) is 44.8 Å². The molecule has 0 aliphatic heterocycles. The van der Waals surface area contributed by atoms with Crippen LogP contribution in [0, 0.1) is 19.7 Å². The van der Waals surface area contributed by atoms with Crippen LogP contribution >= 0.6 is 0 Å². The Morgan fingerprint density at radius 1 is 0.846 bits per heavy atom. The van der Waals surface area contributed by atoms with Crippen molar-refractivity contribution in [1.82, 2.24) is 0 Å². The van der Waals surface area contributed by atoms with E-state index in [0.29, 0.717) is 39.9 Å². The van der Waals surface area contributed by atoms with Gasteiger partial charge in [0.25, 0.3) is 8.32 Å². The zero-order chi connectivity index (χ0) is 28.9. The Morgan fingerprint density at radius 3 is 1.92 bits per heavy atom. The highest BCUT2D eigenvalue weighted by Crippen LogP contribution is 2.43. The van der Waals surface area contributed by atoms with Gasteiger partial charge in [-0.2, -0.15) is 0 Å². The first-order valence-electron chi connectivity index (χ1n) is 13.7. The fourth-order valence-corrected chi connectivity index (χ4v) is 11.2. The molecule has 0 bridgehead atoms. The number of hydrogen-bond acceptors (Lipinski definition) is 4. The summed E-state index contributed by atoms with van der Waals surface area (Å²) in [6, 6.07) is 15.5. The zero-order valence-electron chi connectivity index (χ0n) is 24.9. The van der Waals surface area contributed by atoms with E-state index in [-0.39, 0.29) is 18.4 Å². The lowest BCUT2D eigenvalue weighted by molar-refractivity contribution is 0.0503. The van der Waals surface area contributed by atoms with Gasteiger partial charge in [-0.15, -0.1) is 0 Å². The SMILES string of the molecule is COCOc1ccc(Cc2c(C)cc(O[Si](C(C)C)(C(C)C)C(C)C)cc2C)cc1C(=O)c1ccc(F)cc1. The molecule has 0 aliphatic carbocycles. The minimum Gasteiger partial charge on any atom is -0.543 e. The summed E-state index contributed by atoms with van der Waals surface area (Å²) >= 11 is 0. The molecule has 0 heterocycles. The van der Waals surface area contributed by atoms with Crippen LogP contribution in [0.3, 0.4) is 0 Å². The molecule has 0 atom stereocenters. The normalized spacial score (nSPS) is 11.9. The largest absolute Gasteiger partial charge is 0.543 e. The monoisotopic (exact) mass is 550 g/mol. The van der Waals surface area contributed by atoms with E-state index in [0.717, 1.165) is 22.4 Å². The lowest BCUT2D eigenvalue weighted by atomic mass is 9.93. The number of methoxy groups -OCH3 is 1. The smallest absolute Gasteiger partial charge is 0.258 e. The van der Waals surface area contributed by atoms with E-state index in [4.69, 9.17) is 13.9 Å². The summed E-state index contributed by atoms with van der Waals surface area (Å²) in [7, 11) is -0.532. The summed E-state index contributed by atoms with van der Waals surface area (Å²) in [5.74, 6) is 0.776. The molecule has 3 rings (SSSR count). The molecule has 0 N–H and O–H groups in total. The Morgan fingerprint density at radius 2 is 1.41 bits per heavy atom. The highest BCUT2D eigenvalue weighted by Gasteiger charge is 2.47. The molecule has 4 nitrogen and oxygen atoms in total. The minimum absolute atomic E-state index is 0.0245. The molecular formula is C33H43FO4Si. The number of hydrogen-bond donors (Lipinski definition) is 0. The third-order valence-corrected chi connectivity index (χ3v) is 13.8. The predicted octanol–water partition coefficient (Wildman–Crippen LogP) is 8.80. The summed E-state index contributed by atoms with van der Waals surface area (Å²) in [5.41, 5.74) is 6.83. The maximum Gasteiger partial charge on any atom is 0.258 e. The quantitative estimate of drug-likeness (QED) is 0.128. The Balaban J connectivity index is 1.96. The number of benzene rings is 3. The van der Waals surface area contributed by atoms with Crippen LogP contribution in [0.5, 0.6) is 11.5 Å². The molecule has 39 heavy (non-hydrogen) atoms. The Hall–Kier alpha value is -2.96. The van der Waals surface area contributed by atoms with Gasteiger partial charge in [-0.3, -0.25) is 4.79 Å². The lowest BCUT2D eigenvalue weighted by Gasteiger charge is -2.42. The van der Waals surface area contributed by atoms with Crippen LogP contribution in [-0.4, -0.2) is 28.0 Å². The van der Waals surface area contributed by atoms with E-state index in [1.54, 1.807) is 6.07 Å². The fraction of sp³-hybridized carbons (Fsp3) is 0.424. The van der Waals surface area contributed by atoms with Gasteiger partial charge in [0.15, 0.2) is 12.6 Å². The van der Waals surface area contributed by atoms with E-state index in [2.05, 4.69) is 67.5 Å². The van der Waals surface area contributed by atoms with Crippen LogP contribution in [0.2, 0.25) is 16.6 Å². The molecule has 3 aromatic carbocycles. The summed E-state index contributed by atoms with van der Waals surface area (Å²) in [4.78, 5) is 13.4. The van der Waals surface area contributed by atoms with Crippen molar-refractivity contribution in [1.29, 1.82) is 0 Å². The van der Waals surface area contributed by atoms with Gasteiger partial charge in [0.05, 0.1) is 5.56 Å². The number of aryl methyl sites for hydroxylation is 2. The standard InChI is InChI=1S/C33H43FO4Si/c1-21(2)39(22(3)4,23(5)6)38-29-16-24(7)30(25(8)17-29)18-26-10-15-32(37-20-36-9)31(19-26)33(35)27-11-13-28(34)14-12-27/h10-17,19,21-23H,18,20H2,1-9H3. The number of ketones is 1. The van der Waals surface area contributed by atoms with Crippen molar-refractivity contribution >= 4 is 14.1 Å². The molecular weight excluding hydrogens is 507 g/mol. The average Bonchev–Trinajstić information content (AvgIpc) is 2.87. The highest BCUT2D eigenvalue weighted by molar-refractivity contribution is 6.78. The second-order valence-corrected chi connectivity index (χ2v) is 16.7. The number of carbonyl (C=O) groups excluding carboxylic acids is 1. The third kappa shape index (κ3) is 6.79. The predicted molar refractivity (Wildman–Crippen MR) is 159 cm³/mol. The first-order valence-corrected chi connectivity index (χ1v) is 15.9. The lowest BCUT2D eigenvalue weighted by Crippen LogP contribution is -2.50. The first-order chi connectivity index (χ1) is 18.4.